The Morgan fingerprint density at radius 3 is 2.19 bits per heavy atom. The highest BCUT2D eigenvalue weighted by Gasteiger charge is 2.24. The van der Waals surface area contributed by atoms with Crippen LogP contribution < -0.4 is 11.1 Å². The molecule has 142 valence electrons. The first-order valence-corrected chi connectivity index (χ1v) is 9.51. The molecule has 8 heteroatoms. The van der Waals surface area contributed by atoms with Gasteiger partial charge in [0.2, 0.25) is 10.0 Å². The molecule has 0 fully saturated rings. The van der Waals surface area contributed by atoms with Crippen molar-refractivity contribution in [2.45, 2.75) is 25.7 Å². The van der Waals surface area contributed by atoms with Gasteiger partial charge >= 0.3 is 0 Å². The molecule has 0 atom stereocenters. The number of sulfonamides is 1. The van der Waals surface area contributed by atoms with Crippen LogP contribution in [0.4, 0.5) is 11.4 Å². The largest absolute Gasteiger partial charge is 0.399 e. The van der Waals surface area contributed by atoms with Gasteiger partial charge in [-0.05, 0) is 48.9 Å². The van der Waals surface area contributed by atoms with E-state index in [1.54, 1.807) is 57.2 Å². The molecule has 1 amide bonds. The number of anilines is 2. The normalized spacial score (nSPS) is 11.1. The summed E-state index contributed by atoms with van der Waals surface area (Å²) in [7, 11) is -3.59. The number of nitrogens with one attached hydrogen (secondary N) is 1. The van der Waals surface area contributed by atoms with Crippen LogP contribution in [0.15, 0.2) is 47.4 Å². The lowest BCUT2D eigenvalue weighted by molar-refractivity contribution is 0.102. The number of nitrogen functional groups attached to an aromatic ring is 1. The van der Waals surface area contributed by atoms with E-state index in [9.17, 15) is 13.2 Å². The predicted octanol–water partition coefficient (Wildman–Crippen LogP) is 3.28. The summed E-state index contributed by atoms with van der Waals surface area (Å²) in [4.78, 5) is 12.5. The highest BCUT2D eigenvalue weighted by molar-refractivity contribution is 7.89. The van der Waals surface area contributed by atoms with E-state index in [1.165, 1.54) is 10.4 Å². The number of aryl methyl sites for hydroxylation is 1. The number of nitrogens with two attached hydrogens (primary N) is 1. The molecule has 2 aromatic carbocycles. The number of hydrogen-bond donors (Lipinski definition) is 2. The third kappa shape index (κ3) is 4.75. The summed E-state index contributed by atoms with van der Waals surface area (Å²) in [5.41, 5.74) is 7.70. The average molecular weight is 398 g/mol. The number of nitrogens with zero attached hydrogens (tertiary/aromatic N) is 1. The maximum absolute atomic E-state index is 12.8. The Kier molecular flexibility index (Phi) is 7.62. The van der Waals surface area contributed by atoms with Gasteiger partial charge < -0.3 is 11.1 Å². The van der Waals surface area contributed by atoms with E-state index in [1.807, 2.05) is 0 Å². The molecule has 26 heavy (non-hydrogen) atoms. The van der Waals surface area contributed by atoms with Gasteiger partial charge in [0.1, 0.15) is 0 Å². The Morgan fingerprint density at radius 1 is 1.08 bits per heavy atom. The van der Waals surface area contributed by atoms with E-state index in [-0.39, 0.29) is 23.2 Å². The van der Waals surface area contributed by atoms with Gasteiger partial charge in [-0.1, -0.05) is 19.9 Å². The number of hydrogen-bond acceptors (Lipinski definition) is 4. The summed E-state index contributed by atoms with van der Waals surface area (Å²) in [5.74, 6) is -0.324. The first-order valence-electron chi connectivity index (χ1n) is 8.07. The number of rotatable bonds is 6. The van der Waals surface area contributed by atoms with E-state index in [0.717, 1.165) is 0 Å². The highest BCUT2D eigenvalue weighted by atomic mass is 35.5. The van der Waals surface area contributed by atoms with Gasteiger partial charge in [0.05, 0.1) is 4.90 Å². The molecule has 0 saturated heterocycles. The van der Waals surface area contributed by atoms with Gasteiger partial charge in [-0.3, -0.25) is 4.79 Å². The summed E-state index contributed by atoms with van der Waals surface area (Å²) in [5, 5.41) is 2.73. The van der Waals surface area contributed by atoms with Crippen LogP contribution in [-0.2, 0) is 10.0 Å². The van der Waals surface area contributed by atoms with Gasteiger partial charge in [0.15, 0.2) is 0 Å². The Labute approximate surface area is 160 Å². The molecule has 0 radical (unpaired) electrons. The molecule has 0 aliphatic carbocycles. The molecular formula is C18H24ClN3O3S. The fourth-order valence-corrected chi connectivity index (χ4v) is 4.20. The molecule has 0 aliphatic heterocycles. The highest BCUT2D eigenvalue weighted by Crippen LogP contribution is 2.24. The summed E-state index contributed by atoms with van der Waals surface area (Å²) >= 11 is 0. The van der Waals surface area contributed by atoms with Crippen LogP contribution in [0, 0.1) is 6.92 Å². The maximum atomic E-state index is 12.8. The molecule has 0 heterocycles. The second-order valence-corrected chi connectivity index (χ2v) is 7.55. The van der Waals surface area contributed by atoms with Crippen LogP contribution in [0.3, 0.4) is 0 Å². The van der Waals surface area contributed by atoms with Crippen LogP contribution in [0.25, 0.3) is 0 Å². The predicted molar refractivity (Wildman–Crippen MR) is 107 cm³/mol. The Hall–Kier alpha value is -2.09. The Balaban J connectivity index is 0.00000338. The minimum absolute atomic E-state index is 0. The first-order chi connectivity index (χ1) is 11.8. The smallest absolute Gasteiger partial charge is 0.255 e. The average Bonchev–Trinajstić information content (AvgIpc) is 2.57. The molecule has 0 unspecified atom stereocenters. The standard InChI is InChI=1S/C18H23N3O3S.ClH/c1-4-21(5-2)25(23,24)17-12-16(11-6-13(17)3)20-18(22)14-7-9-15(19)10-8-14;/h6-12H,4-5,19H2,1-3H3,(H,20,22);1H. The molecule has 3 N–H and O–H groups in total. The van der Waals surface area contributed by atoms with Gasteiger partial charge in [-0.15, -0.1) is 12.4 Å². The summed E-state index contributed by atoms with van der Waals surface area (Å²) in [6.45, 7) is 6.11. The zero-order chi connectivity index (χ0) is 18.6. The third-order valence-electron chi connectivity index (χ3n) is 3.94. The van der Waals surface area contributed by atoms with Crippen LogP contribution in [-0.4, -0.2) is 31.7 Å². The van der Waals surface area contributed by atoms with Crippen molar-refractivity contribution in [2.75, 3.05) is 24.1 Å². The number of carbonyl (C=O) groups excluding carboxylic acids is 1. The first kappa shape index (κ1) is 22.0. The SMILES string of the molecule is CCN(CC)S(=O)(=O)c1cc(NC(=O)c2ccc(N)cc2)ccc1C.Cl. The second-order valence-electron chi connectivity index (χ2n) is 5.65. The lowest BCUT2D eigenvalue weighted by Crippen LogP contribution is -2.31. The van der Waals surface area contributed by atoms with Gasteiger partial charge in [-0.2, -0.15) is 4.31 Å². The van der Waals surface area contributed by atoms with Gasteiger partial charge in [0, 0.05) is 30.0 Å². The third-order valence-corrected chi connectivity index (χ3v) is 6.13. The fourth-order valence-electron chi connectivity index (χ4n) is 2.50. The van der Waals surface area contributed by atoms with Gasteiger partial charge in [0.25, 0.3) is 5.91 Å². The van der Waals surface area contributed by atoms with E-state index in [4.69, 9.17) is 5.73 Å². The minimum atomic E-state index is -3.59. The van der Waals surface area contributed by atoms with Crippen molar-refractivity contribution in [1.29, 1.82) is 0 Å². The molecule has 2 rings (SSSR count). The Bertz CT molecular complexity index is 864. The number of carbonyl (C=O) groups is 1. The van der Waals surface area contributed by atoms with Crippen molar-refractivity contribution in [2.24, 2.45) is 0 Å². The molecular weight excluding hydrogens is 374 g/mol. The van der Waals surface area contributed by atoms with E-state index in [0.29, 0.717) is 35.6 Å². The molecule has 0 spiro atoms. The van der Waals surface area contributed by atoms with Crippen molar-refractivity contribution < 1.29 is 13.2 Å². The van der Waals surface area contributed by atoms with Crippen molar-refractivity contribution in [3.05, 3.63) is 53.6 Å². The quantitative estimate of drug-likeness (QED) is 0.731. The van der Waals surface area contributed by atoms with Crippen LogP contribution >= 0.6 is 12.4 Å². The lowest BCUT2D eigenvalue weighted by atomic mass is 10.2. The second kappa shape index (κ2) is 9.02. The zero-order valence-corrected chi connectivity index (χ0v) is 16.7. The summed E-state index contributed by atoms with van der Waals surface area (Å²) < 4.78 is 26.9. The van der Waals surface area contributed by atoms with Crippen LogP contribution in [0.5, 0.6) is 0 Å². The molecule has 2 aromatic rings. The zero-order valence-electron chi connectivity index (χ0n) is 15.0. The number of halogens is 1. The van der Waals surface area contributed by atoms with E-state index >= 15 is 0 Å². The number of amides is 1. The topological polar surface area (TPSA) is 92.5 Å². The fraction of sp³-hybridized carbons (Fsp3) is 0.278. The van der Waals surface area contributed by atoms with E-state index < -0.39 is 10.0 Å². The van der Waals surface area contributed by atoms with Crippen LogP contribution in [0.1, 0.15) is 29.8 Å². The Morgan fingerprint density at radius 2 is 1.65 bits per heavy atom. The summed E-state index contributed by atoms with van der Waals surface area (Å²) in [6.07, 6.45) is 0. The molecule has 6 nitrogen and oxygen atoms in total. The van der Waals surface area contributed by atoms with Crippen LogP contribution in [0.2, 0.25) is 0 Å². The summed E-state index contributed by atoms with van der Waals surface area (Å²) in [6, 6.07) is 11.4. The molecule has 0 aromatic heterocycles. The van der Waals surface area contributed by atoms with Crippen molar-refractivity contribution in [1.82, 2.24) is 4.31 Å². The monoisotopic (exact) mass is 397 g/mol. The minimum Gasteiger partial charge on any atom is -0.399 e. The molecule has 0 saturated carbocycles. The van der Waals surface area contributed by atoms with Crippen molar-refractivity contribution >= 4 is 39.7 Å². The number of benzene rings is 2. The van der Waals surface area contributed by atoms with Crippen molar-refractivity contribution in [3.8, 4) is 0 Å². The maximum Gasteiger partial charge on any atom is 0.255 e. The lowest BCUT2D eigenvalue weighted by Gasteiger charge is -2.20. The van der Waals surface area contributed by atoms with Gasteiger partial charge in [-0.25, -0.2) is 8.42 Å². The van der Waals surface area contributed by atoms with Crippen molar-refractivity contribution in [3.63, 3.8) is 0 Å². The van der Waals surface area contributed by atoms with E-state index in [2.05, 4.69) is 5.32 Å². The molecule has 0 bridgehead atoms. The molecule has 0 aliphatic rings.